The molecule has 0 aliphatic heterocycles. The fraction of sp³-hybridized carbons (Fsp3) is 0.130. The molecule has 2 aromatic heterocycles. The Kier molecular flexibility index (Phi) is 5.72. The molecule has 1 amide bonds. The first-order valence-electron chi connectivity index (χ1n) is 9.74. The Hall–Kier alpha value is -4.04. The maximum atomic E-state index is 12.6. The van der Waals surface area contributed by atoms with E-state index in [1.165, 1.54) is 0 Å². The Labute approximate surface area is 179 Å². The van der Waals surface area contributed by atoms with Gasteiger partial charge in [-0.1, -0.05) is 12.1 Å². The van der Waals surface area contributed by atoms with E-state index in [2.05, 4.69) is 25.6 Å². The number of hydrogen-bond donors (Lipinski definition) is 3. The Bertz CT molecular complexity index is 1200. The molecule has 4 aromatic rings. The van der Waals surface area contributed by atoms with Crippen LogP contribution in [0.2, 0.25) is 0 Å². The van der Waals surface area contributed by atoms with E-state index in [1.807, 2.05) is 36.7 Å². The number of imidazole rings is 1. The van der Waals surface area contributed by atoms with Crippen molar-refractivity contribution in [2.75, 3.05) is 10.6 Å². The minimum absolute atomic E-state index is 0.0762. The summed E-state index contributed by atoms with van der Waals surface area (Å²) in [7, 11) is 0. The van der Waals surface area contributed by atoms with E-state index in [-0.39, 0.29) is 12.5 Å². The Balaban J connectivity index is 1.48. The lowest BCUT2D eigenvalue weighted by Crippen LogP contribution is -2.13. The van der Waals surface area contributed by atoms with Gasteiger partial charge >= 0.3 is 0 Å². The highest BCUT2D eigenvalue weighted by Gasteiger charge is 2.10. The van der Waals surface area contributed by atoms with Gasteiger partial charge in [0.05, 0.1) is 6.61 Å². The van der Waals surface area contributed by atoms with E-state index in [0.717, 1.165) is 28.2 Å². The molecule has 0 atom stereocenters. The topological polar surface area (TPSA) is 105 Å². The quantitative estimate of drug-likeness (QED) is 0.444. The highest BCUT2D eigenvalue weighted by Crippen LogP contribution is 2.20. The van der Waals surface area contributed by atoms with Crippen LogP contribution in [0.5, 0.6) is 0 Å². The van der Waals surface area contributed by atoms with E-state index in [0.29, 0.717) is 17.2 Å². The third kappa shape index (κ3) is 4.59. The van der Waals surface area contributed by atoms with Crippen molar-refractivity contribution in [1.82, 2.24) is 19.5 Å². The number of aliphatic hydroxyl groups excluding tert-OH is 1. The molecule has 0 radical (unpaired) electrons. The van der Waals surface area contributed by atoms with Crippen molar-refractivity contribution < 1.29 is 9.90 Å². The average Bonchev–Trinajstić information content (AvgIpc) is 3.32. The number of carbonyl (C=O) groups is 1. The lowest BCUT2D eigenvalue weighted by atomic mass is 10.1. The summed E-state index contributed by atoms with van der Waals surface area (Å²) >= 11 is 0. The van der Waals surface area contributed by atoms with Gasteiger partial charge in [0.15, 0.2) is 0 Å². The van der Waals surface area contributed by atoms with Crippen LogP contribution in [0.3, 0.4) is 0 Å². The third-order valence-corrected chi connectivity index (χ3v) is 4.83. The van der Waals surface area contributed by atoms with Gasteiger partial charge in [0, 0.05) is 41.1 Å². The molecule has 4 rings (SSSR count). The van der Waals surface area contributed by atoms with E-state index in [1.54, 1.807) is 49.1 Å². The van der Waals surface area contributed by atoms with Crippen molar-refractivity contribution in [2.24, 2.45) is 0 Å². The molecule has 31 heavy (non-hydrogen) atoms. The monoisotopic (exact) mass is 414 g/mol. The van der Waals surface area contributed by atoms with E-state index >= 15 is 0 Å². The standard InChI is InChI=1S/C23H22N6O2/c1-15-3-4-17(13-30)11-20(15)27-22(31)18-5-7-19(8-6-18)26-23-25-12-16(2)21(28-23)29-10-9-24-14-29/h3-12,14,30H,13H2,1-2H3,(H,27,31)(H,25,26,28). The summed E-state index contributed by atoms with van der Waals surface area (Å²) in [6, 6.07) is 12.5. The van der Waals surface area contributed by atoms with Crippen LogP contribution in [0.15, 0.2) is 67.4 Å². The first-order chi connectivity index (χ1) is 15.0. The summed E-state index contributed by atoms with van der Waals surface area (Å²) in [5.41, 5.74) is 4.55. The first kappa shape index (κ1) is 20.2. The summed E-state index contributed by atoms with van der Waals surface area (Å²) < 4.78 is 1.82. The molecule has 0 aliphatic rings. The fourth-order valence-electron chi connectivity index (χ4n) is 3.07. The average molecular weight is 414 g/mol. The van der Waals surface area contributed by atoms with Crippen LogP contribution in [-0.2, 0) is 6.61 Å². The number of aliphatic hydroxyl groups is 1. The van der Waals surface area contributed by atoms with Crippen LogP contribution < -0.4 is 10.6 Å². The molecule has 0 bridgehead atoms. The molecule has 2 aromatic carbocycles. The van der Waals surface area contributed by atoms with Crippen molar-refractivity contribution in [1.29, 1.82) is 0 Å². The predicted molar refractivity (Wildman–Crippen MR) is 119 cm³/mol. The predicted octanol–water partition coefficient (Wildman–Crippen LogP) is 3.77. The normalized spacial score (nSPS) is 10.7. The highest BCUT2D eigenvalue weighted by atomic mass is 16.3. The highest BCUT2D eigenvalue weighted by molar-refractivity contribution is 6.04. The molecule has 0 saturated carbocycles. The number of carbonyl (C=O) groups excluding carboxylic acids is 1. The van der Waals surface area contributed by atoms with Crippen LogP contribution >= 0.6 is 0 Å². The number of benzene rings is 2. The molecule has 0 spiro atoms. The van der Waals surface area contributed by atoms with E-state index in [4.69, 9.17) is 0 Å². The van der Waals surface area contributed by atoms with Crippen LogP contribution in [-0.4, -0.2) is 30.5 Å². The van der Waals surface area contributed by atoms with Gasteiger partial charge in [-0.25, -0.2) is 9.97 Å². The number of nitrogens with zero attached hydrogens (tertiary/aromatic N) is 4. The van der Waals surface area contributed by atoms with Gasteiger partial charge in [-0.15, -0.1) is 0 Å². The van der Waals surface area contributed by atoms with E-state index in [9.17, 15) is 9.90 Å². The minimum Gasteiger partial charge on any atom is -0.392 e. The van der Waals surface area contributed by atoms with Crippen molar-refractivity contribution in [2.45, 2.75) is 20.5 Å². The Morgan fingerprint density at radius 3 is 2.61 bits per heavy atom. The van der Waals surface area contributed by atoms with Gasteiger partial charge in [0.25, 0.3) is 5.91 Å². The summed E-state index contributed by atoms with van der Waals surface area (Å²) in [5.74, 6) is 0.966. The molecule has 0 fully saturated rings. The third-order valence-electron chi connectivity index (χ3n) is 4.83. The largest absolute Gasteiger partial charge is 0.392 e. The second kappa shape index (κ2) is 8.76. The van der Waals surface area contributed by atoms with Gasteiger partial charge in [0.2, 0.25) is 5.95 Å². The van der Waals surface area contributed by atoms with Crippen molar-refractivity contribution >= 4 is 23.2 Å². The second-order valence-corrected chi connectivity index (χ2v) is 7.13. The maximum absolute atomic E-state index is 12.6. The smallest absolute Gasteiger partial charge is 0.255 e. The Morgan fingerprint density at radius 1 is 1.10 bits per heavy atom. The molecular weight excluding hydrogens is 392 g/mol. The number of aromatic nitrogens is 4. The molecule has 8 nitrogen and oxygen atoms in total. The van der Waals surface area contributed by atoms with Gasteiger partial charge in [-0.2, -0.15) is 4.98 Å². The van der Waals surface area contributed by atoms with Gasteiger partial charge in [-0.3, -0.25) is 9.36 Å². The molecule has 3 N–H and O–H groups in total. The zero-order chi connectivity index (χ0) is 21.8. The number of hydrogen-bond acceptors (Lipinski definition) is 6. The van der Waals surface area contributed by atoms with Gasteiger partial charge < -0.3 is 15.7 Å². The van der Waals surface area contributed by atoms with Crippen LogP contribution in [0.4, 0.5) is 17.3 Å². The zero-order valence-electron chi connectivity index (χ0n) is 17.2. The zero-order valence-corrected chi connectivity index (χ0v) is 17.2. The number of aryl methyl sites for hydroxylation is 2. The van der Waals surface area contributed by atoms with Crippen molar-refractivity contribution in [3.8, 4) is 5.82 Å². The number of anilines is 3. The van der Waals surface area contributed by atoms with Gasteiger partial charge in [0.1, 0.15) is 12.1 Å². The van der Waals surface area contributed by atoms with Crippen molar-refractivity contribution in [3.05, 3.63) is 89.6 Å². The molecule has 156 valence electrons. The molecule has 0 unspecified atom stereocenters. The minimum atomic E-state index is -0.223. The second-order valence-electron chi connectivity index (χ2n) is 7.13. The number of amides is 1. The lowest BCUT2D eigenvalue weighted by molar-refractivity contribution is 0.102. The molecule has 2 heterocycles. The first-order valence-corrected chi connectivity index (χ1v) is 9.74. The van der Waals surface area contributed by atoms with E-state index < -0.39 is 0 Å². The summed E-state index contributed by atoms with van der Waals surface area (Å²) in [6.45, 7) is 3.76. The maximum Gasteiger partial charge on any atom is 0.255 e. The molecular formula is C23H22N6O2. The Morgan fingerprint density at radius 2 is 1.90 bits per heavy atom. The van der Waals surface area contributed by atoms with Gasteiger partial charge in [-0.05, 0) is 55.3 Å². The molecule has 8 heteroatoms. The van der Waals surface area contributed by atoms with Crippen LogP contribution in [0, 0.1) is 13.8 Å². The summed E-state index contributed by atoms with van der Waals surface area (Å²) in [6.07, 6.45) is 6.95. The number of rotatable bonds is 6. The summed E-state index contributed by atoms with van der Waals surface area (Å²) in [5, 5.41) is 15.4. The SMILES string of the molecule is Cc1ccc(CO)cc1NC(=O)c1ccc(Nc2ncc(C)c(-n3ccnc3)n2)cc1. The molecule has 0 saturated heterocycles. The van der Waals surface area contributed by atoms with Crippen LogP contribution in [0.1, 0.15) is 27.0 Å². The number of nitrogens with one attached hydrogen (secondary N) is 2. The van der Waals surface area contributed by atoms with Crippen molar-refractivity contribution in [3.63, 3.8) is 0 Å². The summed E-state index contributed by atoms with van der Waals surface area (Å²) in [4.78, 5) is 25.6. The lowest BCUT2D eigenvalue weighted by Gasteiger charge is -2.11. The molecule has 0 aliphatic carbocycles. The fourth-order valence-corrected chi connectivity index (χ4v) is 3.07. The van der Waals surface area contributed by atoms with Crippen LogP contribution in [0.25, 0.3) is 5.82 Å².